The molecule has 2 rings (SSSR count). The number of likely N-dealkylation sites (tertiary alicyclic amines) is 1. The first kappa shape index (κ1) is 8.97. The van der Waals surface area contributed by atoms with E-state index in [4.69, 9.17) is 14.9 Å². The van der Waals surface area contributed by atoms with E-state index in [9.17, 15) is 0 Å². The Balaban J connectivity index is 1.79. The Bertz CT molecular complexity index is 190. The van der Waals surface area contributed by atoms with Crippen LogP contribution in [0.1, 0.15) is 12.8 Å². The van der Waals surface area contributed by atoms with Crippen molar-refractivity contribution in [2.45, 2.75) is 18.9 Å². The number of rotatable bonds is 2. The van der Waals surface area contributed by atoms with Crippen molar-refractivity contribution < 1.29 is 9.47 Å². The number of hydrogen-bond donors (Lipinski definition) is 1. The van der Waals surface area contributed by atoms with Gasteiger partial charge >= 0.3 is 0 Å². The lowest BCUT2D eigenvalue weighted by molar-refractivity contribution is -0.0924. The van der Waals surface area contributed by atoms with Gasteiger partial charge in [-0.25, -0.2) is 0 Å². The van der Waals surface area contributed by atoms with Crippen LogP contribution in [0.2, 0.25) is 0 Å². The van der Waals surface area contributed by atoms with Crippen LogP contribution in [-0.4, -0.2) is 49.7 Å². The molecule has 74 valence electrons. The molecular formula is C9H16N2O2. The Morgan fingerprint density at radius 2 is 2.38 bits per heavy atom. The number of amidine groups is 1. The molecule has 2 heterocycles. The molecule has 0 aliphatic carbocycles. The van der Waals surface area contributed by atoms with E-state index in [1.165, 1.54) is 0 Å². The quantitative estimate of drug-likeness (QED) is 0.678. The maximum absolute atomic E-state index is 7.65. The van der Waals surface area contributed by atoms with Gasteiger partial charge in [0.15, 0.2) is 0 Å². The summed E-state index contributed by atoms with van der Waals surface area (Å²) in [5.41, 5.74) is 0. The predicted molar refractivity (Wildman–Crippen MR) is 49.1 cm³/mol. The highest BCUT2D eigenvalue weighted by atomic mass is 16.6. The van der Waals surface area contributed by atoms with Crippen LogP contribution in [0.5, 0.6) is 0 Å². The fourth-order valence-electron chi connectivity index (χ4n) is 1.82. The van der Waals surface area contributed by atoms with Crippen molar-refractivity contribution in [2.24, 2.45) is 0 Å². The van der Waals surface area contributed by atoms with Crippen molar-refractivity contribution in [3.05, 3.63) is 0 Å². The summed E-state index contributed by atoms with van der Waals surface area (Å²) in [7, 11) is 0. The molecule has 13 heavy (non-hydrogen) atoms. The highest BCUT2D eigenvalue weighted by molar-refractivity contribution is 5.80. The van der Waals surface area contributed by atoms with Gasteiger partial charge in [0.05, 0.1) is 31.8 Å². The third kappa shape index (κ3) is 2.19. The van der Waals surface area contributed by atoms with Gasteiger partial charge in [0, 0.05) is 19.5 Å². The minimum absolute atomic E-state index is 0.173. The second kappa shape index (κ2) is 4.07. The monoisotopic (exact) mass is 184 g/mol. The summed E-state index contributed by atoms with van der Waals surface area (Å²) >= 11 is 0. The summed E-state index contributed by atoms with van der Waals surface area (Å²) in [5.74, 6) is 0.758. The van der Waals surface area contributed by atoms with E-state index in [-0.39, 0.29) is 6.10 Å². The van der Waals surface area contributed by atoms with Crippen LogP contribution in [0, 0.1) is 5.41 Å². The molecule has 0 bridgehead atoms. The maximum atomic E-state index is 7.65. The molecule has 1 unspecified atom stereocenters. The zero-order chi connectivity index (χ0) is 9.10. The lowest BCUT2D eigenvalue weighted by Gasteiger charge is -2.28. The molecule has 0 radical (unpaired) electrons. The predicted octanol–water partition coefficient (Wildman–Crippen LogP) is 0.475. The molecule has 0 amide bonds. The average molecular weight is 184 g/mol. The molecular weight excluding hydrogens is 168 g/mol. The minimum atomic E-state index is 0.173. The Morgan fingerprint density at radius 3 is 3.00 bits per heavy atom. The largest absolute Gasteiger partial charge is 0.376 e. The Hall–Kier alpha value is -0.610. The van der Waals surface area contributed by atoms with Crippen LogP contribution < -0.4 is 0 Å². The normalized spacial score (nSPS) is 29.7. The highest BCUT2D eigenvalue weighted by Gasteiger charge is 2.22. The molecule has 0 aromatic rings. The lowest BCUT2D eigenvalue weighted by Crippen LogP contribution is -2.40. The second-order valence-electron chi connectivity index (χ2n) is 3.56. The third-order valence-corrected chi connectivity index (χ3v) is 2.53. The second-order valence-corrected chi connectivity index (χ2v) is 3.56. The summed E-state index contributed by atoms with van der Waals surface area (Å²) in [6.07, 6.45) is 2.21. The van der Waals surface area contributed by atoms with Gasteiger partial charge in [0.2, 0.25) is 0 Å². The number of ether oxygens (including phenoxy) is 2. The van der Waals surface area contributed by atoms with Crippen LogP contribution >= 0.6 is 0 Å². The Kier molecular flexibility index (Phi) is 2.80. The molecule has 1 atom stereocenters. The van der Waals surface area contributed by atoms with Crippen LogP contribution in [0.3, 0.4) is 0 Å². The van der Waals surface area contributed by atoms with Crippen molar-refractivity contribution in [3.63, 3.8) is 0 Å². The summed E-state index contributed by atoms with van der Waals surface area (Å²) in [6.45, 7) is 3.95. The maximum Gasteiger partial charge on any atom is 0.0984 e. The fourth-order valence-corrected chi connectivity index (χ4v) is 1.82. The number of nitrogens with one attached hydrogen (secondary N) is 1. The van der Waals surface area contributed by atoms with E-state index in [1.54, 1.807) is 0 Å². The number of hydrogen-bond acceptors (Lipinski definition) is 3. The summed E-state index contributed by atoms with van der Waals surface area (Å²) in [4.78, 5) is 2.10. The van der Waals surface area contributed by atoms with Gasteiger partial charge in [-0.2, -0.15) is 0 Å². The Labute approximate surface area is 78.3 Å². The molecule has 2 fully saturated rings. The van der Waals surface area contributed by atoms with Gasteiger partial charge in [0.25, 0.3) is 0 Å². The minimum Gasteiger partial charge on any atom is -0.376 e. The molecule has 2 aliphatic heterocycles. The summed E-state index contributed by atoms with van der Waals surface area (Å²) in [6, 6.07) is 0. The first-order valence-electron chi connectivity index (χ1n) is 4.88. The first-order valence-corrected chi connectivity index (χ1v) is 4.88. The molecule has 2 aliphatic rings. The molecule has 0 spiro atoms. The van der Waals surface area contributed by atoms with Gasteiger partial charge in [-0.3, -0.25) is 5.41 Å². The van der Waals surface area contributed by atoms with Crippen molar-refractivity contribution >= 4 is 5.84 Å². The fraction of sp³-hybridized carbons (Fsp3) is 0.889. The van der Waals surface area contributed by atoms with Gasteiger partial charge < -0.3 is 14.4 Å². The standard InChI is InChI=1S/C9H16N2O2/c10-9-2-1-3-11(9)6-8-7-12-4-5-13-8/h8,10H,1-7H2. The SMILES string of the molecule is N=C1CCCN1CC1COCCO1. The van der Waals surface area contributed by atoms with E-state index in [2.05, 4.69) is 4.90 Å². The molecule has 4 nitrogen and oxygen atoms in total. The van der Waals surface area contributed by atoms with Crippen molar-refractivity contribution in [2.75, 3.05) is 32.9 Å². The van der Waals surface area contributed by atoms with Crippen LogP contribution in [0.25, 0.3) is 0 Å². The molecule has 1 N–H and O–H groups in total. The van der Waals surface area contributed by atoms with Gasteiger partial charge in [-0.1, -0.05) is 0 Å². The van der Waals surface area contributed by atoms with Gasteiger partial charge in [0.1, 0.15) is 0 Å². The summed E-state index contributed by atoms with van der Waals surface area (Å²) in [5, 5.41) is 7.65. The average Bonchev–Trinajstić information content (AvgIpc) is 2.54. The van der Waals surface area contributed by atoms with Crippen LogP contribution in [-0.2, 0) is 9.47 Å². The topological polar surface area (TPSA) is 45.6 Å². The van der Waals surface area contributed by atoms with E-state index in [1.807, 2.05) is 0 Å². The third-order valence-electron chi connectivity index (χ3n) is 2.53. The Morgan fingerprint density at radius 1 is 1.46 bits per heavy atom. The number of nitrogens with zero attached hydrogens (tertiary/aromatic N) is 1. The molecule has 0 aromatic heterocycles. The molecule has 4 heteroatoms. The van der Waals surface area contributed by atoms with Crippen molar-refractivity contribution in [3.8, 4) is 0 Å². The molecule has 0 aromatic carbocycles. The van der Waals surface area contributed by atoms with E-state index in [0.29, 0.717) is 19.8 Å². The zero-order valence-electron chi connectivity index (χ0n) is 7.79. The first-order chi connectivity index (χ1) is 6.36. The van der Waals surface area contributed by atoms with E-state index >= 15 is 0 Å². The van der Waals surface area contributed by atoms with Gasteiger partial charge in [-0.05, 0) is 6.42 Å². The van der Waals surface area contributed by atoms with Crippen LogP contribution in [0.15, 0.2) is 0 Å². The lowest BCUT2D eigenvalue weighted by atomic mass is 10.3. The smallest absolute Gasteiger partial charge is 0.0984 e. The van der Waals surface area contributed by atoms with Gasteiger partial charge in [-0.15, -0.1) is 0 Å². The van der Waals surface area contributed by atoms with Crippen molar-refractivity contribution in [1.29, 1.82) is 5.41 Å². The van der Waals surface area contributed by atoms with Crippen molar-refractivity contribution in [1.82, 2.24) is 4.90 Å². The summed E-state index contributed by atoms with van der Waals surface area (Å²) < 4.78 is 10.8. The molecule has 2 saturated heterocycles. The van der Waals surface area contributed by atoms with E-state index in [0.717, 1.165) is 31.8 Å². The van der Waals surface area contributed by atoms with Crippen LogP contribution in [0.4, 0.5) is 0 Å². The van der Waals surface area contributed by atoms with E-state index < -0.39 is 0 Å². The highest BCUT2D eigenvalue weighted by Crippen LogP contribution is 2.12. The molecule has 0 saturated carbocycles. The zero-order valence-corrected chi connectivity index (χ0v) is 7.79.